The number of pyridine rings is 1. The van der Waals surface area contributed by atoms with E-state index in [0.717, 1.165) is 61.3 Å². The quantitative estimate of drug-likeness (QED) is 0.217. The normalized spacial score (nSPS) is 11.6. The molecular formula is C39H29N3O. The van der Waals surface area contributed by atoms with Crippen molar-refractivity contribution in [2.75, 3.05) is 0 Å². The Hall–Kier alpha value is -5.48. The Kier molecular flexibility index (Phi) is 5.76. The van der Waals surface area contributed by atoms with Gasteiger partial charge in [-0.15, -0.1) is 0 Å². The third-order valence-electron chi connectivity index (χ3n) is 8.47. The van der Waals surface area contributed by atoms with Crippen LogP contribution in [-0.4, -0.2) is 14.5 Å². The van der Waals surface area contributed by atoms with E-state index < -0.39 is 0 Å². The second kappa shape index (κ2) is 9.81. The zero-order valence-electron chi connectivity index (χ0n) is 24.3. The van der Waals surface area contributed by atoms with Gasteiger partial charge in [-0.25, -0.2) is 9.97 Å². The fourth-order valence-corrected chi connectivity index (χ4v) is 6.36. The van der Waals surface area contributed by atoms with Crippen LogP contribution in [0.25, 0.3) is 72.6 Å². The second-order valence-electron chi connectivity index (χ2n) is 11.2. The van der Waals surface area contributed by atoms with E-state index in [1.165, 1.54) is 22.3 Å². The van der Waals surface area contributed by atoms with E-state index in [4.69, 9.17) is 14.4 Å². The molecule has 8 aromatic rings. The summed E-state index contributed by atoms with van der Waals surface area (Å²) in [6.07, 6.45) is 0. The summed E-state index contributed by atoms with van der Waals surface area (Å²) in [7, 11) is 0. The van der Waals surface area contributed by atoms with Crippen molar-refractivity contribution in [3.05, 3.63) is 138 Å². The first-order valence-electron chi connectivity index (χ1n) is 14.6. The molecule has 0 radical (unpaired) electrons. The van der Waals surface area contributed by atoms with Crippen molar-refractivity contribution < 1.29 is 4.42 Å². The highest BCUT2D eigenvalue weighted by Gasteiger charge is 2.22. The standard InChI is InChI=1S/C39H29N3O/c1-24-10-9-11-25(2)35(24)33-23-22-30-36-26(3)16-21-31(37(36)43-39(30)41-33)38-40-32-14-7-8-15-34(32)42(38)29-19-17-28(18-20-29)27-12-5-4-6-13-27/h4-23H,1-3H3. The molecule has 4 nitrogen and oxygen atoms in total. The molecule has 0 saturated carbocycles. The maximum absolute atomic E-state index is 6.66. The van der Waals surface area contributed by atoms with Crippen molar-refractivity contribution >= 4 is 33.1 Å². The van der Waals surface area contributed by atoms with Crippen molar-refractivity contribution in [2.24, 2.45) is 0 Å². The van der Waals surface area contributed by atoms with Crippen LogP contribution >= 0.6 is 0 Å². The minimum atomic E-state index is 0.639. The lowest BCUT2D eigenvalue weighted by atomic mass is 9.99. The molecule has 0 aliphatic carbocycles. The van der Waals surface area contributed by atoms with Crippen molar-refractivity contribution in [3.63, 3.8) is 0 Å². The summed E-state index contributed by atoms with van der Waals surface area (Å²) in [6.45, 7) is 6.39. The molecule has 0 atom stereocenters. The van der Waals surface area contributed by atoms with E-state index in [0.29, 0.717) is 5.71 Å². The molecule has 8 rings (SSSR count). The summed E-state index contributed by atoms with van der Waals surface area (Å²) in [4.78, 5) is 10.2. The zero-order chi connectivity index (χ0) is 29.1. The lowest BCUT2D eigenvalue weighted by Crippen LogP contribution is -1.98. The summed E-state index contributed by atoms with van der Waals surface area (Å²) in [5, 5.41) is 2.09. The molecular weight excluding hydrogens is 526 g/mol. The minimum Gasteiger partial charge on any atom is -0.437 e. The largest absolute Gasteiger partial charge is 0.437 e. The van der Waals surface area contributed by atoms with Gasteiger partial charge in [0.15, 0.2) is 0 Å². The third-order valence-corrected chi connectivity index (χ3v) is 8.47. The Morgan fingerprint density at radius 2 is 1.30 bits per heavy atom. The number of para-hydroxylation sites is 2. The Balaban J connectivity index is 1.34. The molecule has 4 heteroatoms. The summed E-state index contributed by atoms with van der Waals surface area (Å²) >= 11 is 0. The number of nitrogens with zero attached hydrogens (tertiary/aromatic N) is 3. The number of furan rings is 1. The molecule has 0 aliphatic rings. The van der Waals surface area contributed by atoms with E-state index in [2.05, 4.69) is 135 Å². The van der Waals surface area contributed by atoms with Gasteiger partial charge in [-0.1, -0.05) is 78.9 Å². The summed E-state index contributed by atoms with van der Waals surface area (Å²) < 4.78 is 8.89. The highest BCUT2D eigenvalue weighted by atomic mass is 16.3. The van der Waals surface area contributed by atoms with Crippen molar-refractivity contribution in [3.8, 4) is 39.5 Å². The fraction of sp³-hybridized carbons (Fsp3) is 0.0769. The monoisotopic (exact) mass is 555 g/mol. The van der Waals surface area contributed by atoms with E-state index >= 15 is 0 Å². The van der Waals surface area contributed by atoms with Crippen LogP contribution in [0.1, 0.15) is 16.7 Å². The molecule has 3 aromatic heterocycles. The summed E-state index contributed by atoms with van der Waals surface area (Å²) in [5.41, 5.74) is 13.4. The molecule has 3 heterocycles. The molecule has 0 bridgehead atoms. The van der Waals surface area contributed by atoms with Gasteiger partial charge in [0.2, 0.25) is 5.71 Å². The van der Waals surface area contributed by atoms with Gasteiger partial charge in [-0.3, -0.25) is 4.57 Å². The van der Waals surface area contributed by atoms with Crippen LogP contribution in [-0.2, 0) is 0 Å². The topological polar surface area (TPSA) is 43.9 Å². The molecule has 0 amide bonds. The Morgan fingerprint density at radius 1 is 0.581 bits per heavy atom. The van der Waals surface area contributed by atoms with Crippen LogP contribution in [0, 0.1) is 20.8 Å². The maximum Gasteiger partial charge on any atom is 0.227 e. The average molecular weight is 556 g/mol. The predicted molar refractivity (Wildman–Crippen MR) is 177 cm³/mol. The van der Waals surface area contributed by atoms with Gasteiger partial charge in [-0.2, -0.15) is 0 Å². The van der Waals surface area contributed by atoms with Crippen LogP contribution in [0.3, 0.4) is 0 Å². The van der Waals surface area contributed by atoms with Crippen LogP contribution in [0.2, 0.25) is 0 Å². The van der Waals surface area contributed by atoms with Gasteiger partial charge in [0, 0.05) is 22.0 Å². The molecule has 206 valence electrons. The average Bonchev–Trinajstić information content (AvgIpc) is 3.61. The number of imidazole rings is 1. The van der Waals surface area contributed by atoms with Crippen LogP contribution in [0.5, 0.6) is 0 Å². The predicted octanol–water partition coefficient (Wildman–Crippen LogP) is 10.2. The Morgan fingerprint density at radius 3 is 2.09 bits per heavy atom. The lowest BCUT2D eigenvalue weighted by molar-refractivity contribution is 0.655. The fourth-order valence-electron chi connectivity index (χ4n) is 6.36. The van der Waals surface area contributed by atoms with Gasteiger partial charge < -0.3 is 4.42 Å². The van der Waals surface area contributed by atoms with E-state index in [1.807, 2.05) is 12.1 Å². The number of aromatic nitrogens is 3. The smallest absolute Gasteiger partial charge is 0.227 e. The van der Waals surface area contributed by atoms with E-state index in [1.54, 1.807) is 0 Å². The Bertz CT molecular complexity index is 2290. The first kappa shape index (κ1) is 25.2. The number of hydrogen-bond acceptors (Lipinski definition) is 3. The van der Waals surface area contributed by atoms with E-state index in [9.17, 15) is 0 Å². The summed E-state index contributed by atoms with van der Waals surface area (Å²) in [5.74, 6) is 0.840. The van der Waals surface area contributed by atoms with Crippen LogP contribution in [0.15, 0.2) is 126 Å². The number of aryl methyl sites for hydroxylation is 3. The highest BCUT2D eigenvalue weighted by Crippen LogP contribution is 2.40. The first-order chi connectivity index (χ1) is 21.1. The highest BCUT2D eigenvalue weighted by molar-refractivity contribution is 6.10. The van der Waals surface area contributed by atoms with Gasteiger partial charge in [0.1, 0.15) is 11.4 Å². The van der Waals surface area contributed by atoms with Crippen LogP contribution in [0.4, 0.5) is 0 Å². The third kappa shape index (κ3) is 4.06. The molecule has 0 spiro atoms. The van der Waals surface area contributed by atoms with Crippen molar-refractivity contribution in [1.29, 1.82) is 0 Å². The number of fused-ring (bicyclic) bond motifs is 4. The SMILES string of the molecule is Cc1cccc(C)c1-c1ccc2c(n1)oc1c(-c3nc4ccccc4n3-c3ccc(-c4ccccc4)cc3)ccc(C)c12. The molecule has 0 saturated heterocycles. The maximum atomic E-state index is 6.66. The molecule has 0 N–H and O–H groups in total. The molecule has 43 heavy (non-hydrogen) atoms. The van der Waals surface area contributed by atoms with Gasteiger partial charge >= 0.3 is 0 Å². The van der Waals surface area contributed by atoms with E-state index in [-0.39, 0.29) is 0 Å². The zero-order valence-corrected chi connectivity index (χ0v) is 24.3. The van der Waals surface area contributed by atoms with Gasteiger partial charge in [-0.05, 0) is 91.1 Å². The van der Waals surface area contributed by atoms with Crippen molar-refractivity contribution in [2.45, 2.75) is 20.8 Å². The number of benzene rings is 5. The minimum absolute atomic E-state index is 0.639. The van der Waals surface area contributed by atoms with Crippen LogP contribution < -0.4 is 0 Å². The van der Waals surface area contributed by atoms with Gasteiger partial charge in [0.25, 0.3) is 0 Å². The molecule has 5 aromatic carbocycles. The molecule has 0 fully saturated rings. The second-order valence-corrected chi connectivity index (χ2v) is 11.2. The Labute approximate surface area is 249 Å². The molecule has 0 unspecified atom stereocenters. The number of rotatable bonds is 4. The molecule has 0 aliphatic heterocycles. The van der Waals surface area contributed by atoms with Gasteiger partial charge in [0.05, 0.1) is 22.3 Å². The first-order valence-corrected chi connectivity index (χ1v) is 14.6. The number of hydrogen-bond donors (Lipinski definition) is 0. The summed E-state index contributed by atoms with van der Waals surface area (Å²) in [6, 6.07) is 42.3. The lowest BCUT2D eigenvalue weighted by Gasteiger charge is -2.11. The van der Waals surface area contributed by atoms with Crippen molar-refractivity contribution in [1.82, 2.24) is 14.5 Å².